The smallest absolute Gasteiger partial charge is 0.268 e. The van der Waals surface area contributed by atoms with E-state index in [2.05, 4.69) is 218 Å². The third kappa shape index (κ3) is 8.10. The van der Waals surface area contributed by atoms with Crippen LogP contribution in [-0.2, 0) is 31.9 Å². The molecule has 0 unspecified atom stereocenters. The first-order valence-corrected chi connectivity index (χ1v) is 27.1. The number of benzene rings is 10. The molecule has 15 rings (SSSR count). The van der Waals surface area contributed by atoms with E-state index in [-0.39, 0.29) is 49.5 Å². The fraction of sp³-hybridized carbons (Fsp3) is 0.108. The van der Waals surface area contributed by atoms with E-state index in [4.69, 9.17) is 13.8 Å². The van der Waals surface area contributed by atoms with Crippen LogP contribution in [0.15, 0.2) is 224 Å². The number of ether oxygens (including phenoxy) is 1. The first-order chi connectivity index (χ1) is 41.0. The van der Waals surface area contributed by atoms with Crippen LogP contribution < -0.4 is 9.30 Å². The minimum Gasteiger partial charge on any atom is -0.510 e. The monoisotopic (exact) mass is 1230 g/mol. The SMILES string of the molecule is [2H]c1c([2H])c([2H])c(-c2cccc3c2-c2ccccc2-c2cc(C(C)(C)C)cc4c2[n+]([c-]n4-c2[c-]c(Oc4[c-]c5c(cc4)c4ccccc4n5-c4cc(C(C)(C)C)ccn4)ccc2)-c2c-3cccc2-n2c3ccccc3c3ccccc32)c([2H])c1[2H].[Pt]. The molecule has 0 fully saturated rings. The molecule has 14 aromatic rings. The van der Waals surface area contributed by atoms with Gasteiger partial charge in [0.2, 0.25) is 0 Å². The van der Waals surface area contributed by atoms with Crippen molar-refractivity contribution in [2.45, 2.75) is 52.4 Å². The molecule has 0 aliphatic carbocycles. The number of rotatable bonds is 6. The Morgan fingerprint density at radius 2 is 1.10 bits per heavy atom. The standard InChI is InChI=1S/C74H55N5O.Pt/c1-73(2,3)48-39-40-75-69(43-48)79-65-35-17-14-28-57(65)58-38-37-52(45-67(58)79)80-51-24-18-23-50(44-51)76-46-77-71-61(32-20-36-66(71)78-63-33-15-12-26-55(63)56-27-13-16-34-64(56)78)60-31-19-30-53(47-21-8-7-9-22-47)70(60)59-29-11-10-25-54(59)62-41-49(74(4,5)6)42-68(76)72(62)77;/h7-43H,1-6H3;/q-2;/i7D,8D,9D,21D,22D;. The average molecular weight is 1230 g/mol. The summed E-state index contributed by atoms with van der Waals surface area (Å²) in [5.74, 6) is 1.82. The van der Waals surface area contributed by atoms with E-state index in [1.54, 1.807) is 0 Å². The summed E-state index contributed by atoms with van der Waals surface area (Å²) in [7, 11) is 0. The van der Waals surface area contributed by atoms with Crippen molar-refractivity contribution in [2.24, 2.45) is 0 Å². The van der Waals surface area contributed by atoms with Crippen LogP contribution in [0.3, 0.4) is 0 Å². The Bertz CT molecular complexity index is 5080. The molecule has 0 N–H and O–H groups in total. The van der Waals surface area contributed by atoms with Crippen LogP contribution in [0, 0.1) is 18.5 Å². The number of nitrogens with zero attached hydrogens (tertiary/aromatic N) is 5. The van der Waals surface area contributed by atoms with Crippen molar-refractivity contribution < 1.29 is 37.2 Å². The van der Waals surface area contributed by atoms with Crippen LogP contribution in [0.25, 0.3) is 122 Å². The Hall–Kier alpha value is -9.09. The average Bonchev–Trinajstić information content (AvgIpc) is 1.53. The van der Waals surface area contributed by atoms with Gasteiger partial charge in [-0.05, 0) is 120 Å². The second kappa shape index (κ2) is 19.0. The number of imidazole rings is 1. The predicted octanol–water partition coefficient (Wildman–Crippen LogP) is 18.3. The Kier molecular flexibility index (Phi) is 10.5. The van der Waals surface area contributed by atoms with Gasteiger partial charge in [-0.15, -0.1) is 29.7 Å². The van der Waals surface area contributed by atoms with E-state index in [1.165, 1.54) is 5.56 Å². The fourth-order valence-electron chi connectivity index (χ4n) is 12.1. The van der Waals surface area contributed by atoms with E-state index in [1.807, 2.05) is 54.7 Å². The second-order valence-electron chi connectivity index (χ2n) is 22.8. The van der Waals surface area contributed by atoms with Crippen molar-refractivity contribution in [3.8, 4) is 78.9 Å². The predicted molar refractivity (Wildman–Crippen MR) is 327 cm³/mol. The third-order valence-electron chi connectivity index (χ3n) is 15.9. The van der Waals surface area contributed by atoms with Gasteiger partial charge in [0.05, 0.1) is 40.3 Å². The third-order valence-corrected chi connectivity index (χ3v) is 15.9. The summed E-state index contributed by atoms with van der Waals surface area (Å²) < 4.78 is 60.9. The van der Waals surface area contributed by atoms with Crippen molar-refractivity contribution in [2.75, 3.05) is 0 Å². The molecule has 1 aliphatic heterocycles. The number of hydrogen-bond acceptors (Lipinski definition) is 2. The van der Waals surface area contributed by atoms with Crippen LogP contribution in [-0.4, -0.2) is 18.7 Å². The van der Waals surface area contributed by atoms with Crippen LogP contribution in [0.5, 0.6) is 11.5 Å². The second-order valence-corrected chi connectivity index (χ2v) is 22.8. The van der Waals surface area contributed by atoms with Crippen LogP contribution >= 0.6 is 0 Å². The van der Waals surface area contributed by atoms with Crippen molar-refractivity contribution in [1.29, 1.82) is 0 Å². The molecule has 5 heterocycles. The van der Waals surface area contributed by atoms with Gasteiger partial charge in [0.1, 0.15) is 5.82 Å². The van der Waals surface area contributed by atoms with Crippen molar-refractivity contribution in [3.63, 3.8) is 0 Å². The molecule has 0 amide bonds. The molecule has 0 atom stereocenters. The topological polar surface area (TPSA) is 40.8 Å². The number of pyridine rings is 1. The Morgan fingerprint density at radius 1 is 0.494 bits per heavy atom. The van der Waals surface area contributed by atoms with E-state index in [0.717, 1.165) is 111 Å². The van der Waals surface area contributed by atoms with Crippen molar-refractivity contribution >= 4 is 54.6 Å². The zero-order valence-corrected chi connectivity index (χ0v) is 47.7. The number of para-hydroxylation sites is 4. The van der Waals surface area contributed by atoms with E-state index in [0.29, 0.717) is 22.7 Å². The molecule has 394 valence electrons. The maximum atomic E-state index is 9.41. The Morgan fingerprint density at radius 3 is 1.83 bits per heavy atom. The minimum absolute atomic E-state index is 0. The first kappa shape index (κ1) is 44.7. The molecule has 4 aromatic heterocycles. The molecule has 1 aliphatic rings. The zero-order valence-electron chi connectivity index (χ0n) is 50.4. The quantitative estimate of drug-likeness (QED) is 0.123. The molecule has 10 aromatic carbocycles. The van der Waals surface area contributed by atoms with Gasteiger partial charge in [-0.25, -0.2) is 4.98 Å². The Balaban J connectivity index is 0.00000653. The van der Waals surface area contributed by atoms with Gasteiger partial charge >= 0.3 is 0 Å². The van der Waals surface area contributed by atoms with Crippen LogP contribution in [0.4, 0.5) is 0 Å². The molecule has 0 saturated heterocycles. The largest absolute Gasteiger partial charge is 0.510 e. The number of fused-ring (bicyclic) bond motifs is 13. The van der Waals surface area contributed by atoms with Gasteiger partial charge in [-0.1, -0.05) is 193 Å². The summed E-state index contributed by atoms with van der Waals surface area (Å²) in [6.45, 7) is 13.3. The maximum absolute atomic E-state index is 9.41. The summed E-state index contributed by atoms with van der Waals surface area (Å²) in [4.78, 5) is 4.91. The molecule has 0 bridgehead atoms. The molecule has 0 radical (unpaired) electrons. The minimum atomic E-state index is -0.439. The van der Waals surface area contributed by atoms with Crippen molar-refractivity contribution in [3.05, 3.63) is 254 Å². The number of aromatic nitrogens is 5. The Labute approximate surface area is 493 Å². The maximum Gasteiger partial charge on any atom is 0.268 e. The molecule has 0 saturated carbocycles. The zero-order chi connectivity index (χ0) is 58.4. The summed E-state index contributed by atoms with van der Waals surface area (Å²) in [6, 6.07) is 70.4. The van der Waals surface area contributed by atoms with E-state index in [9.17, 15) is 2.74 Å². The summed E-state index contributed by atoms with van der Waals surface area (Å²) in [5, 5.41) is 4.35. The molecule has 81 heavy (non-hydrogen) atoms. The van der Waals surface area contributed by atoms with Gasteiger partial charge in [0.25, 0.3) is 6.33 Å². The summed E-state index contributed by atoms with van der Waals surface area (Å²) >= 11 is 0. The molecule has 7 heteroatoms. The normalized spacial score (nSPS) is 13.1. The van der Waals surface area contributed by atoms with Gasteiger partial charge in [0, 0.05) is 55.1 Å². The molecule has 6 nitrogen and oxygen atoms in total. The molecule has 0 spiro atoms. The first-order valence-electron chi connectivity index (χ1n) is 29.6. The van der Waals surface area contributed by atoms with Gasteiger partial charge in [-0.2, -0.15) is 18.2 Å². The van der Waals surface area contributed by atoms with Gasteiger partial charge < -0.3 is 18.4 Å². The number of hydrogen-bond donors (Lipinski definition) is 0. The molecular formula is C74H55N5OPt-2. The van der Waals surface area contributed by atoms with E-state index < -0.39 is 18.1 Å². The van der Waals surface area contributed by atoms with Gasteiger partial charge in [0.15, 0.2) is 0 Å². The van der Waals surface area contributed by atoms with Crippen LogP contribution in [0.1, 0.15) is 59.5 Å². The van der Waals surface area contributed by atoms with E-state index >= 15 is 0 Å². The molecular weight excluding hydrogens is 1170 g/mol. The summed E-state index contributed by atoms with van der Waals surface area (Å²) in [6.07, 6.45) is 5.86. The van der Waals surface area contributed by atoms with Crippen molar-refractivity contribution in [1.82, 2.24) is 18.7 Å². The van der Waals surface area contributed by atoms with Crippen LogP contribution in [0.2, 0.25) is 0 Å². The fourth-order valence-corrected chi connectivity index (χ4v) is 12.1. The summed E-state index contributed by atoms with van der Waals surface area (Å²) in [5.41, 5.74) is 15.6. The van der Waals surface area contributed by atoms with Gasteiger partial charge in [-0.3, -0.25) is 4.57 Å².